The van der Waals surface area contributed by atoms with Crippen molar-refractivity contribution in [2.45, 2.75) is 20.8 Å². The molecular weight excluding hydrogens is 386 g/mol. The topological polar surface area (TPSA) is 94.9 Å². The largest absolute Gasteiger partial charge is 0.493 e. The van der Waals surface area contributed by atoms with E-state index in [9.17, 15) is 9.59 Å². The number of hydrogen-bond donors (Lipinski definition) is 0. The monoisotopic (exact) mass is 409 g/mol. The van der Waals surface area contributed by atoms with Crippen LogP contribution in [-0.2, 0) is 14.3 Å². The normalized spacial score (nSPS) is 10.7. The number of methoxy groups -OCH3 is 1. The van der Waals surface area contributed by atoms with Crippen LogP contribution >= 0.6 is 0 Å². The molecule has 0 N–H and O–H groups in total. The highest BCUT2D eigenvalue weighted by Crippen LogP contribution is 2.29. The SMILES string of the molecule is CCOC(=O)/C(C#N)=C/c1ccc(OC(=O)COc2ccc(C)c(C)c2)c(OC)c1. The summed E-state index contributed by atoms with van der Waals surface area (Å²) in [4.78, 5) is 23.9. The van der Waals surface area contributed by atoms with E-state index in [2.05, 4.69) is 0 Å². The number of ether oxygens (including phenoxy) is 4. The average molecular weight is 409 g/mol. The van der Waals surface area contributed by atoms with Gasteiger partial charge in [-0.2, -0.15) is 5.26 Å². The molecule has 0 spiro atoms. The minimum absolute atomic E-state index is 0.148. The first-order chi connectivity index (χ1) is 14.4. The van der Waals surface area contributed by atoms with Crippen molar-refractivity contribution in [1.29, 1.82) is 5.26 Å². The number of carbonyl (C=O) groups is 2. The van der Waals surface area contributed by atoms with Crippen LogP contribution in [0, 0.1) is 25.2 Å². The Morgan fingerprint density at radius 1 is 1.07 bits per heavy atom. The Kier molecular flexibility index (Phi) is 8.00. The molecule has 0 aromatic heterocycles. The van der Waals surface area contributed by atoms with Crippen LogP contribution in [0.25, 0.3) is 6.08 Å². The maximum Gasteiger partial charge on any atom is 0.349 e. The lowest BCUT2D eigenvalue weighted by atomic mass is 10.1. The molecule has 0 aliphatic rings. The molecule has 0 saturated heterocycles. The fourth-order valence-corrected chi connectivity index (χ4v) is 2.47. The lowest BCUT2D eigenvalue weighted by Crippen LogP contribution is -2.18. The number of esters is 2. The Bertz CT molecular complexity index is 1000. The van der Waals surface area contributed by atoms with Crippen molar-refractivity contribution in [2.75, 3.05) is 20.3 Å². The summed E-state index contributed by atoms with van der Waals surface area (Å²) in [5.74, 6) is -0.273. The molecule has 0 unspecified atom stereocenters. The van der Waals surface area contributed by atoms with Crippen LogP contribution in [0.1, 0.15) is 23.6 Å². The van der Waals surface area contributed by atoms with E-state index in [1.54, 1.807) is 31.2 Å². The van der Waals surface area contributed by atoms with E-state index in [0.717, 1.165) is 11.1 Å². The van der Waals surface area contributed by atoms with Gasteiger partial charge in [-0.15, -0.1) is 0 Å². The number of carbonyl (C=O) groups excluding carboxylic acids is 2. The third-order valence-corrected chi connectivity index (χ3v) is 4.17. The number of rotatable bonds is 8. The smallest absolute Gasteiger partial charge is 0.349 e. The summed E-state index contributed by atoms with van der Waals surface area (Å²) in [5, 5.41) is 9.14. The third kappa shape index (κ3) is 6.11. The molecule has 0 fully saturated rings. The van der Waals surface area contributed by atoms with E-state index in [1.165, 1.54) is 19.3 Å². The van der Waals surface area contributed by atoms with Crippen LogP contribution < -0.4 is 14.2 Å². The zero-order chi connectivity index (χ0) is 22.1. The van der Waals surface area contributed by atoms with E-state index >= 15 is 0 Å². The van der Waals surface area contributed by atoms with E-state index in [4.69, 9.17) is 24.2 Å². The average Bonchev–Trinajstić information content (AvgIpc) is 2.73. The van der Waals surface area contributed by atoms with Crippen LogP contribution in [0.3, 0.4) is 0 Å². The Morgan fingerprint density at radius 3 is 2.47 bits per heavy atom. The van der Waals surface area contributed by atoms with Crippen molar-refractivity contribution in [3.05, 3.63) is 58.7 Å². The van der Waals surface area contributed by atoms with Crippen LogP contribution in [0.4, 0.5) is 0 Å². The van der Waals surface area contributed by atoms with Crippen molar-refractivity contribution in [3.63, 3.8) is 0 Å². The van der Waals surface area contributed by atoms with Crippen LogP contribution in [0.2, 0.25) is 0 Å². The molecule has 2 aromatic rings. The van der Waals surface area contributed by atoms with Gasteiger partial charge in [0, 0.05) is 0 Å². The van der Waals surface area contributed by atoms with Crippen LogP contribution in [0.15, 0.2) is 42.0 Å². The molecule has 7 heteroatoms. The van der Waals surface area contributed by atoms with Crippen molar-refractivity contribution >= 4 is 18.0 Å². The summed E-state index contributed by atoms with van der Waals surface area (Å²) in [5.41, 5.74) is 2.56. The van der Waals surface area contributed by atoms with Crippen molar-refractivity contribution in [1.82, 2.24) is 0 Å². The number of benzene rings is 2. The first kappa shape index (κ1) is 22.5. The van der Waals surface area contributed by atoms with Gasteiger partial charge in [0.2, 0.25) is 0 Å². The van der Waals surface area contributed by atoms with Gasteiger partial charge < -0.3 is 18.9 Å². The van der Waals surface area contributed by atoms with E-state index < -0.39 is 11.9 Å². The summed E-state index contributed by atoms with van der Waals surface area (Å²) in [6.45, 7) is 5.50. The second kappa shape index (κ2) is 10.7. The van der Waals surface area contributed by atoms with Gasteiger partial charge in [0.25, 0.3) is 0 Å². The number of hydrogen-bond acceptors (Lipinski definition) is 7. The molecule has 2 rings (SSSR count). The first-order valence-corrected chi connectivity index (χ1v) is 9.25. The number of nitriles is 1. The highest BCUT2D eigenvalue weighted by atomic mass is 16.6. The highest BCUT2D eigenvalue weighted by molar-refractivity contribution is 5.98. The highest BCUT2D eigenvalue weighted by Gasteiger charge is 2.14. The lowest BCUT2D eigenvalue weighted by Gasteiger charge is -2.11. The van der Waals surface area contributed by atoms with Crippen LogP contribution in [0.5, 0.6) is 17.2 Å². The Labute approximate surface area is 175 Å². The van der Waals surface area contributed by atoms with Crippen LogP contribution in [-0.4, -0.2) is 32.3 Å². The molecule has 0 saturated carbocycles. The Balaban J connectivity index is 2.08. The zero-order valence-corrected chi connectivity index (χ0v) is 17.4. The van der Waals surface area contributed by atoms with Crippen molar-refractivity contribution in [2.24, 2.45) is 0 Å². The maximum atomic E-state index is 12.2. The van der Waals surface area contributed by atoms with E-state index in [-0.39, 0.29) is 30.3 Å². The van der Waals surface area contributed by atoms with Gasteiger partial charge in [-0.3, -0.25) is 0 Å². The predicted molar refractivity (Wildman–Crippen MR) is 110 cm³/mol. The van der Waals surface area contributed by atoms with Gasteiger partial charge in [-0.05, 0) is 67.8 Å². The fourth-order valence-electron chi connectivity index (χ4n) is 2.47. The summed E-state index contributed by atoms with van der Waals surface area (Å²) < 4.78 is 20.9. The van der Waals surface area contributed by atoms with Crippen molar-refractivity contribution in [3.8, 4) is 23.3 Å². The standard InChI is InChI=1S/C23H23NO6/c1-5-28-23(26)18(13-24)11-17-7-9-20(21(12-17)27-4)30-22(25)14-29-19-8-6-15(2)16(3)10-19/h6-12H,5,14H2,1-4H3/b18-11+. The van der Waals surface area contributed by atoms with Gasteiger partial charge in [-0.1, -0.05) is 12.1 Å². The Morgan fingerprint density at radius 2 is 1.83 bits per heavy atom. The first-order valence-electron chi connectivity index (χ1n) is 9.25. The van der Waals surface area contributed by atoms with Gasteiger partial charge in [-0.25, -0.2) is 9.59 Å². The van der Waals surface area contributed by atoms with Gasteiger partial charge in [0.15, 0.2) is 18.1 Å². The second-order valence-electron chi connectivity index (χ2n) is 6.31. The summed E-state index contributed by atoms with van der Waals surface area (Å²) >= 11 is 0. The molecule has 2 aromatic carbocycles. The van der Waals surface area contributed by atoms with Gasteiger partial charge in [0.05, 0.1) is 13.7 Å². The molecule has 0 amide bonds. The lowest BCUT2D eigenvalue weighted by molar-refractivity contribution is -0.138. The molecule has 7 nitrogen and oxygen atoms in total. The minimum atomic E-state index is -0.710. The molecule has 156 valence electrons. The molecule has 0 bridgehead atoms. The molecule has 0 aliphatic heterocycles. The molecular formula is C23H23NO6. The molecule has 30 heavy (non-hydrogen) atoms. The summed E-state index contributed by atoms with van der Waals surface area (Å²) in [6, 6.07) is 12.0. The Hall–Kier alpha value is -3.79. The quantitative estimate of drug-likeness (QED) is 0.283. The van der Waals surface area contributed by atoms with Gasteiger partial charge in [0.1, 0.15) is 17.4 Å². The molecule has 0 aliphatic carbocycles. The maximum absolute atomic E-state index is 12.2. The van der Waals surface area contributed by atoms with Crippen molar-refractivity contribution < 1.29 is 28.5 Å². The summed E-state index contributed by atoms with van der Waals surface area (Å²) in [7, 11) is 1.42. The fraction of sp³-hybridized carbons (Fsp3) is 0.261. The molecule has 0 atom stereocenters. The number of nitrogens with zero attached hydrogens (tertiary/aromatic N) is 1. The molecule has 0 radical (unpaired) electrons. The second-order valence-corrected chi connectivity index (χ2v) is 6.31. The zero-order valence-electron chi connectivity index (χ0n) is 17.4. The molecule has 0 heterocycles. The number of aryl methyl sites for hydroxylation is 2. The van der Waals surface area contributed by atoms with E-state index in [0.29, 0.717) is 11.3 Å². The third-order valence-electron chi connectivity index (χ3n) is 4.17. The summed E-state index contributed by atoms with van der Waals surface area (Å²) in [6.07, 6.45) is 1.37. The van der Waals surface area contributed by atoms with Gasteiger partial charge >= 0.3 is 11.9 Å². The predicted octanol–water partition coefficient (Wildman–Crippen LogP) is 3.77. The minimum Gasteiger partial charge on any atom is -0.493 e. The van der Waals surface area contributed by atoms with E-state index in [1.807, 2.05) is 26.0 Å².